The molecule has 172 valence electrons. The molecule has 0 saturated carbocycles. The fourth-order valence-electron chi connectivity index (χ4n) is 4.21. The van der Waals surface area contributed by atoms with Crippen LogP contribution in [0.3, 0.4) is 0 Å². The molecule has 0 aliphatic heterocycles. The highest BCUT2D eigenvalue weighted by atomic mass is 16.5. The fraction of sp³-hybridized carbons (Fsp3) is 0.481. The van der Waals surface area contributed by atoms with E-state index in [0.29, 0.717) is 19.1 Å². The zero-order valence-electron chi connectivity index (χ0n) is 20.3. The number of rotatable bonds is 10. The molecule has 3 aromatic rings. The van der Waals surface area contributed by atoms with E-state index in [0.717, 1.165) is 35.4 Å². The van der Waals surface area contributed by atoms with Crippen LogP contribution in [-0.4, -0.2) is 22.1 Å². The summed E-state index contributed by atoms with van der Waals surface area (Å²) in [7, 11) is 0. The van der Waals surface area contributed by atoms with E-state index >= 15 is 0 Å². The zero-order valence-corrected chi connectivity index (χ0v) is 20.3. The van der Waals surface area contributed by atoms with Gasteiger partial charge >= 0.3 is 0 Å². The van der Waals surface area contributed by atoms with E-state index in [9.17, 15) is 4.79 Å². The lowest BCUT2D eigenvalue weighted by Crippen LogP contribution is -2.33. The van der Waals surface area contributed by atoms with Gasteiger partial charge in [0, 0.05) is 5.92 Å². The number of carbonyl (C=O) groups is 1. The average molecular weight is 436 g/mol. The van der Waals surface area contributed by atoms with Gasteiger partial charge in [0.15, 0.2) is 0 Å². The Morgan fingerprint density at radius 3 is 2.50 bits per heavy atom. The third kappa shape index (κ3) is 5.32. The number of aryl methyl sites for hydroxylation is 1. The van der Waals surface area contributed by atoms with Crippen molar-refractivity contribution in [2.24, 2.45) is 5.92 Å². The molecule has 0 saturated heterocycles. The van der Waals surface area contributed by atoms with Gasteiger partial charge in [-0.25, -0.2) is 4.98 Å². The van der Waals surface area contributed by atoms with E-state index < -0.39 is 0 Å². The van der Waals surface area contributed by atoms with Crippen molar-refractivity contribution in [3.8, 4) is 5.75 Å². The number of hydrogen-bond acceptors (Lipinski definition) is 3. The number of para-hydroxylation sites is 2. The maximum atomic E-state index is 12.7. The van der Waals surface area contributed by atoms with Gasteiger partial charge in [-0.3, -0.25) is 4.79 Å². The van der Waals surface area contributed by atoms with Crippen molar-refractivity contribution in [3.05, 3.63) is 59.4 Å². The summed E-state index contributed by atoms with van der Waals surface area (Å²) in [5.41, 5.74) is 4.40. The summed E-state index contributed by atoms with van der Waals surface area (Å²) in [5.74, 6) is 2.34. The number of aromatic nitrogens is 2. The number of fused-ring (bicyclic) bond motifs is 1. The van der Waals surface area contributed by atoms with Crippen molar-refractivity contribution in [1.29, 1.82) is 0 Å². The monoisotopic (exact) mass is 435 g/mol. The van der Waals surface area contributed by atoms with E-state index in [4.69, 9.17) is 9.72 Å². The molecule has 1 atom stereocenters. The minimum absolute atomic E-state index is 0.0365. The van der Waals surface area contributed by atoms with Gasteiger partial charge in [-0.05, 0) is 61.9 Å². The van der Waals surface area contributed by atoms with Gasteiger partial charge < -0.3 is 14.6 Å². The van der Waals surface area contributed by atoms with Gasteiger partial charge in [0.05, 0.1) is 23.6 Å². The SMILES string of the molecule is CCC(CC)C(=O)NC(C)c1nc2ccccc2n1CCOc1cc(C)ccc1C(C)C. The number of benzene rings is 2. The molecule has 5 nitrogen and oxygen atoms in total. The minimum atomic E-state index is -0.180. The third-order valence-corrected chi connectivity index (χ3v) is 6.15. The molecule has 0 fully saturated rings. The van der Waals surface area contributed by atoms with Gasteiger partial charge in [-0.15, -0.1) is 0 Å². The quantitative estimate of drug-likeness (QED) is 0.415. The van der Waals surface area contributed by atoms with Crippen LogP contribution in [0.1, 0.15) is 76.4 Å². The molecule has 1 N–H and O–H groups in total. The largest absolute Gasteiger partial charge is 0.491 e. The lowest BCUT2D eigenvalue weighted by molar-refractivity contribution is -0.125. The van der Waals surface area contributed by atoms with Gasteiger partial charge in [0.1, 0.15) is 18.2 Å². The first-order chi connectivity index (χ1) is 15.3. The Hall–Kier alpha value is -2.82. The molecule has 0 bridgehead atoms. The van der Waals surface area contributed by atoms with Gasteiger partial charge in [-0.1, -0.05) is 52.0 Å². The normalized spacial score (nSPS) is 12.5. The molecule has 0 aliphatic rings. The third-order valence-electron chi connectivity index (χ3n) is 6.15. The van der Waals surface area contributed by atoms with Crippen LogP contribution in [0.4, 0.5) is 0 Å². The van der Waals surface area contributed by atoms with Crippen LogP contribution in [-0.2, 0) is 11.3 Å². The van der Waals surface area contributed by atoms with Crippen LogP contribution in [0.25, 0.3) is 11.0 Å². The van der Waals surface area contributed by atoms with Crippen molar-refractivity contribution in [2.45, 2.75) is 72.9 Å². The van der Waals surface area contributed by atoms with Crippen LogP contribution in [0.2, 0.25) is 0 Å². The molecule has 1 unspecified atom stereocenters. The van der Waals surface area contributed by atoms with E-state index in [1.54, 1.807) is 0 Å². The summed E-state index contributed by atoms with van der Waals surface area (Å²) in [5, 5.41) is 3.18. The van der Waals surface area contributed by atoms with E-state index in [1.807, 2.05) is 25.1 Å². The number of amides is 1. The van der Waals surface area contributed by atoms with Gasteiger partial charge in [0.2, 0.25) is 5.91 Å². The van der Waals surface area contributed by atoms with E-state index in [1.165, 1.54) is 11.1 Å². The summed E-state index contributed by atoms with van der Waals surface area (Å²) >= 11 is 0. The number of nitrogens with one attached hydrogen (secondary N) is 1. The standard InChI is InChI=1S/C27H37N3O2/c1-7-21(8-2)27(31)28-20(6)26-29-23-11-9-10-12-24(23)30(26)15-16-32-25-17-19(5)13-14-22(25)18(3)4/h9-14,17-18,20-21H,7-8,15-16H2,1-6H3,(H,28,31). The number of imidazole rings is 1. The highest BCUT2D eigenvalue weighted by molar-refractivity contribution is 5.79. The lowest BCUT2D eigenvalue weighted by atomic mass is 10.0. The van der Waals surface area contributed by atoms with Crippen LogP contribution in [0.15, 0.2) is 42.5 Å². The summed E-state index contributed by atoms with van der Waals surface area (Å²) in [4.78, 5) is 17.5. The molecule has 0 radical (unpaired) electrons. The Balaban J connectivity index is 1.82. The van der Waals surface area contributed by atoms with Crippen LogP contribution >= 0.6 is 0 Å². The first-order valence-corrected chi connectivity index (χ1v) is 11.8. The molecule has 2 aromatic carbocycles. The molecule has 1 heterocycles. The molecule has 3 rings (SSSR count). The van der Waals surface area contributed by atoms with E-state index in [-0.39, 0.29) is 17.9 Å². The second kappa shape index (κ2) is 10.7. The highest BCUT2D eigenvalue weighted by Gasteiger charge is 2.21. The number of nitrogens with zero attached hydrogens (tertiary/aromatic N) is 2. The predicted molar refractivity (Wildman–Crippen MR) is 131 cm³/mol. The molecule has 1 aromatic heterocycles. The number of ether oxygens (including phenoxy) is 1. The minimum Gasteiger partial charge on any atom is -0.491 e. The van der Waals surface area contributed by atoms with Crippen molar-refractivity contribution in [1.82, 2.24) is 14.9 Å². The molecule has 5 heteroatoms. The van der Waals surface area contributed by atoms with Gasteiger partial charge in [0.25, 0.3) is 0 Å². The molecular formula is C27H37N3O2. The summed E-state index contributed by atoms with van der Waals surface area (Å²) in [6.45, 7) is 13.8. The Labute approximate surface area is 192 Å². The van der Waals surface area contributed by atoms with Crippen LogP contribution in [0, 0.1) is 12.8 Å². The Kier molecular flexibility index (Phi) is 7.94. The summed E-state index contributed by atoms with van der Waals surface area (Å²) in [6, 6.07) is 14.3. The van der Waals surface area contributed by atoms with Crippen molar-refractivity contribution < 1.29 is 9.53 Å². The van der Waals surface area contributed by atoms with Crippen molar-refractivity contribution in [2.75, 3.05) is 6.61 Å². The smallest absolute Gasteiger partial charge is 0.223 e. The second-order valence-corrected chi connectivity index (χ2v) is 8.90. The Bertz CT molecular complexity index is 1050. The number of carbonyl (C=O) groups excluding carboxylic acids is 1. The lowest BCUT2D eigenvalue weighted by Gasteiger charge is -2.20. The fourth-order valence-corrected chi connectivity index (χ4v) is 4.21. The molecule has 0 spiro atoms. The average Bonchev–Trinajstić information content (AvgIpc) is 3.13. The number of hydrogen-bond donors (Lipinski definition) is 1. The van der Waals surface area contributed by atoms with Crippen LogP contribution in [0.5, 0.6) is 5.75 Å². The zero-order chi connectivity index (χ0) is 23.3. The first kappa shape index (κ1) is 23.8. The second-order valence-electron chi connectivity index (χ2n) is 8.90. The summed E-state index contributed by atoms with van der Waals surface area (Å²) < 4.78 is 8.43. The highest BCUT2D eigenvalue weighted by Crippen LogP contribution is 2.28. The first-order valence-electron chi connectivity index (χ1n) is 11.8. The van der Waals surface area contributed by atoms with E-state index in [2.05, 4.69) is 68.8 Å². The predicted octanol–water partition coefficient (Wildman–Crippen LogP) is 6.16. The Morgan fingerprint density at radius 1 is 1.09 bits per heavy atom. The molecular weight excluding hydrogens is 398 g/mol. The van der Waals surface area contributed by atoms with Crippen molar-refractivity contribution in [3.63, 3.8) is 0 Å². The van der Waals surface area contributed by atoms with Gasteiger partial charge in [-0.2, -0.15) is 0 Å². The molecule has 32 heavy (non-hydrogen) atoms. The molecule has 1 amide bonds. The molecule has 0 aliphatic carbocycles. The Morgan fingerprint density at radius 2 is 1.81 bits per heavy atom. The maximum Gasteiger partial charge on any atom is 0.223 e. The van der Waals surface area contributed by atoms with Crippen LogP contribution < -0.4 is 10.1 Å². The summed E-state index contributed by atoms with van der Waals surface area (Å²) in [6.07, 6.45) is 1.68. The topological polar surface area (TPSA) is 56.2 Å². The van der Waals surface area contributed by atoms with Crippen molar-refractivity contribution >= 4 is 16.9 Å². The maximum absolute atomic E-state index is 12.7.